The van der Waals surface area contributed by atoms with Gasteiger partial charge in [0.25, 0.3) is 0 Å². The van der Waals surface area contributed by atoms with E-state index in [-0.39, 0.29) is 29.9 Å². The lowest BCUT2D eigenvalue weighted by Crippen LogP contribution is -2.52. The Morgan fingerprint density at radius 1 is 1.19 bits per heavy atom. The Morgan fingerprint density at radius 3 is 2.46 bits per heavy atom. The number of hydrogen-bond donors (Lipinski definition) is 4. The van der Waals surface area contributed by atoms with Gasteiger partial charge in [0.2, 0.25) is 11.8 Å². The fourth-order valence-electron chi connectivity index (χ4n) is 3.34. The molecule has 2 aliphatic heterocycles. The quantitative estimate of drug-likeness (QED) is 0.430. The number of nitrogens with zero attached hydrogens (tertiary/aromatic N) is 1. The molecule has 8 heteroatoms. The summed E-state index contributed by atoms with van der Waals surface area (Å²) < 4.78 is 0. The maximum absolute atomic E-state index is 12.9. The van der Waals surface area contributed by atoms with E-state index < -0.39 is 18.1 Å². The van der Waals surface area contributed by atoms with Crippen molar-refractivity contribution in [1.29, 1.82) is 0 Å². The third kappa shape index (κ3) is 5.41. The predicted octanol–water partition coefficient (Wildman–Crippen LogP) is 0.136. The second-order valence-corrected chi connectivity index (χ2v) is 8.14. The van der Waals surface area contributed by atoms with Crippen molar-refractivity contribution in [2.45, 2.75) is 71.2 Å². The lowest BCUT2D eigenvalue weighted by molar-refractivity contribution is -0.149. The highest BCUT2D eigenvalue weighted by molar-refractivity contribution is 5.88. The first-order chi connectivity index (χ1) is 12.2. The summed E-state index contributed by atoms with van der Waals surface area (Å²) in [6, 6.07) is -1.57. The molecule has 0 aromatic heterocycles. The summed E-state index contributed by atoms with van der Waals surface area (Å²) >= 11 is 0. The minimum atomic E-state index is -0.949. The highest BCUT2D eigenvalue weighted by Crippen LogP contribution is 2.21. The number of rotatable bonds is 9. The van der Waals surface area contributed by atoms with Crippen LogP contribution in [0.3, 0.4) is 0 Å². The average Bonchev–Trinajstić information content (AvgIpc) is 3.13. The molecule has 0 radical (unpaired) electrons. The van der Waals surface area contributed by atoms with Gasteiger partial charge in [-0.2, -0.15) is 0 Å². The van der Waals surface area contributed by atoms with Crippen LogP contribution in [0.1, 0.15) is 47.0 Å². The van der Waals surface area contributed by atoms with Crippen LogP contribution in [0.2, 0.25) is 0 Å². The molecular weight excluding hydrogens is 336 g/mol. The fraction of sp³-hybridized carbons (Fsp3) is 0.833. The van der Waals surface area contributed by atoms with Gasteiger partial charge in [0.05, 0.1) is 12.2 Å². The van der Waals surface area contributed by atoms with Crippen molar-refractivity contribution in [2.24, 2.45) is 11.8 Å². The summed E-state index contributed by atoms with van der Waals surface area (Å²) in [5, 5.41) is 18.5. The second-order valence-electron chi connectivity index (χ2n) is 8.14. The highest BCUT2D eigenvalue weighted by Gasteiger charge is 2.45. The van der Waals surface area contributed by atoms with Gasteiger partial charge in [-0.1, -0.05) is 27.7 Å². The molecule has 2 saturated heterocycles. The molecular formula is C18H32N4O4. The summed E-state index contributed by atoms with van der Waals surface area (Å²) in [6.45, 7) is 9.20. The molecule has 0 aliphatic carbocycles. The highest BCUT2D eigenvalue weighted by atomic mass is 16.4. The molecule has 26 heavy (non-hydrogen) atoms. The molecule has 2 fully saturated rings. The van der Waals surface area contributed by atoms with Gasteiger partial charge in [0, 0.05) is 13.1 Å². The van der Waals surface area contributed by atoms with Crippen LogP contribution >= 0.6 is 0 Å². The minimum absolute atomic E-state index is 0.0727. The number of carboxylic acid groups (broad SMARTS) is 1. The maximum atomic E-state index is 12.9. The zero-order valence-electron chi connectivity index (χ0n) is 16.1. The molecule has 2 amide bonds. The van der Waals surface area contributed by atoms with E-state index in [1.807, 2.05) is 27.7 Å². The normalized spacial score (nSPS) is 26.2. The molecule has 4 atom stereocenters. The first kappa shape index (κ1) is 20.6. The summed E-state index contributed by atoms with van der Waals surface area (Å²) in [4.78, 5) is 37.9. The Kier molecular flexibility index (Phi) is 7.00. The Hall–Kier alpha value is -1.67. The van der Waals surface area contributed by atoms with Gasteiger partial charge in [-0.05, 0) is 31.1 Å². The number of aliphatic carboxylic acids is 1. The number of nitrogens with one attached hydrogen (secondary N) is 3. The van der Waals surface area contributed by atoms with Gasteiger partial charge < -0.3 is 15.3 Å². The average molecular weight is 368 g/mol. The molecule has 0 spiro atoms. The first-order valence-electron chi connectivity index (χ1n) is 9.53. The van der Waals surface area contributed by atoms with Gasteiger partial charge >= 0.3 is 5.97 Å². The Bertz CT molecular complexity index is 537. The molecule has 0 aromatic rings. The van der Waals surface area contributed by atoms with Crippen molar-refractivity contribution >= 4 is 17.8 Å². The standard InChI is InChI=1S/C18H32N4O4/c1-10(2)8-12(17(24)22-7-5-6-13(22)18(25)26)20-15-14(21-15)16(23)19-9-11(3)4/h10-15,20-21H,5-9H2,1-4H3,(H,19,23)(H,25,26)/t12-,13-,14-,15+/m0/s1. The van der Waals surface area contributed by atoms with Gasteiger partial charge in [0.1, 0.15) is 12.1 Å². The molecule has 2 aliphatic rings. The third-order valence-corrected chi connectivity index (χ3v) is 4.76. The van der Waals surface area contributed by atoms with Crippen LogP contribution < -0.4 is 16.0 Å². The lowest BCUT2D eigenvalue weighted by atomic mass is 10.0. The molecule has 2 rings (SSSR count). The van der Waals surface area contributed by atoms with Crippen LogP contribution in [0.15, 0.2) is 0 Å². The van der Waals surface area contributed by atoms with Crippen molar-refractivity contribution in [3.8, 4) is 0 Å². The van der Waals surface area contributed by atoms with Crippen molar-refractivity contribution in [2.75, 3.05) is 13.1 Å². The summed E-state index contributed by atoms with van der Waals surface area (Å²) in [5.74, 6) is -0.554. The molecule has 2 heterocycles. The number of likely N-dealkylation sites (tertiary alicyclic amines) is 1. The minimum Gasteiger partial charge on any atom is -0.480 e. The third-order valence-electron chi connectivity index (χ3n) is 4.76. The number of carboxylic acids is 1. The molecule has 8 nitrogen and oxygen atoms in total. The molecule has 148 valence electrons. The Morgan fingerprint density at radius 2 is 1.88 bits per heavy atom. The van der Waals surface area contributed by atoms with Gasteiger partial charge in [-0.15, -0.1) is 0 Å². The lowest BCUT2D eigenvalue weighted by Gasteiger charge is -2.28. The Balaban J connectivity index is 1.95. The monoisotopic (exact) mass is 368 g/mol. The van der Waals surface area contributed by atoms with Crippen molar-refractivity contribution in [1.82, 2.24) is 20.9 Å². The van der Waals surface area contributed by atoms with Crippen molar-refractivity contribution in [3.05, 3.63) is 0 Å². The van der Waals surface area contributed by atoms with Gasteiger partial charge in [-0.25, -0.2) is 4.79 Å². The fourth-order valence-corrected chi connectivity index (χ4v) is 3.34. The summed E-state index contributed by atoms with van der Waals surface area (Å²) in [7, 11) is 0. The van der Waals surface area contributed by atoms with Crippen LogP contribution in [0.25, 0.3) is 0 Å². The largest absolute Gasteiger partial charge is 0.480 e. The first-order valence-corrected chi connectivity index (χ1v) is 9.53. The van der Waals surface area contributed by atoms with Crippen molar-refractivity contribution < 1.29 is 19.5 Å². The van der Waals surface area contributed by atoms with Gasteiger partial charge in [0.15, 0.2) is 0 Å². The van der Waals surface area contributed by atoms with Crippen LogP contribution in [0.5, 0.6) is 0 Å². The number of amides is 2. The van der Waals surface area contributed by atoms with Crippen LogP contribution in [0.4, 0.5) is 0 Å². The topological polar surface area (TPSA) is 121 Å². The van der Waals surface area contributed by atoms with Crippen molar-refractivity contribution in [3.63, 3.8) is 0 Å². The van der Waals surface area contributed by atoms with Crippen LogP contribution in [-0.2, 0) is 14.4 Å². The number of hydrogen-bond acceptors (Lipinski definition) is 5. The van der Waals surface area contributed by atoms with E-state index in [4.69, 9.17) is 0 Å². The smallest absolute Gasteiger partial charge is 0.326 e. The van der Waals surface area contributed by atoms with E-state index in [0.717, 1.165) is 0 Å². The van der Waals surface area contributed by atoms with E-state index in [2.05, 4.69) is 16.0 Å². The number of carbonyl (C=O) groups excluding carboxylic acids is 2. The molecule has 0 bridgehead atoms. The zero-order valence-corrected chi connectivity index (χ0v) is 16.1. The van der Waals surface area contributed by atoms with E-state index in [9.17, 15) is 19.5 Å². The van der Waals surface area contributed by atoms with E-state index >= 15 is 0 Å². The zero-order chi connectivity index (χ0) is 19.4. The Labute approximate surface area is 155 Å². The second kappa shape index (κ2) is 8.81. The van der Waals surface area contributed by atoms with Crippen LogP contribution in [-0.4, -0.2) is 65.2 Å². The van der Waals surface area contributed by atoms with E-state index in [1.165, 1.54) is 4.90 Å². The number of carbonyl (C=O) groups is 3. The molecule has 0 saturated carbocycles. The van der Waals surface area contributed by atoms with E-state index in [1.54, 1.807) is 0 Å². The summed E-state index contributed by atoms with van der Waals surface area (Å²) in [5.41, 5.74) is 0. The molecule has 0 aromatic carbocycles. The SMILES string of the molecule is CC(C)CNC(=O)[C@H]1N[C@H]1N[C@@H](CC(C)C)C(=O)N1CCC[C@H]1C(=O)O. The maximum Gasteiger partial charge on any atom is 0.326 e. The van der Waals surface area contributed by atoms with Crippen LogP contribution in [0, 0.1) is 11.8 Å². The van der Waals surface area contributed by atoms with E-state index in [0.29, 0.717) is 38.3 Å². The molecule has 4 N–H and O–H groups in total. The summed E-state index contributed by atoms with van der Waals surface area (Å²) in [6.07, 6.45) is 1.55. The predicted molar refractivity (Wildman–Crippen MR) is 97.3 cm³/mol. The molecule has 0 unspecified atom stereocenters. The van der Waals surface area contributed by atoms with Gasteiger partial charge in [-0.3, -0.25) is 20.2 Å².